The van der Waals surface area contributed by atoms with Crippen LogP contribution in [-0.2, 0) is 16.1 Å². The number of aromatic amines is 1. The quantitative estimate of drug-likeness (QED) is 0.894. The fourth-order valence-corrected chi connectivity index (χ4v) is 3.02. The second-order valence-corrected chi connectivity index (χ2v) is 5.92. The molecule has 1 amide bonds. The number of H-pyrrole nitrogens is 1. The number of carbonyl (C=O) groups is 1. The van der Waals surface area contributed by atoms with Crippen LogP contribution in [0.2, 0.25) is 0 Å². The van der Waals surface area contributed by atoms with Gasteiger partial charge in [-0.05, 0) is 18.6 Å². The second kappa shape index (κ2) is 7.00. The Kier molecular flexibility index (Phi) is 4.80. The zero-order valence-corrected chi connectivity index (χ0v) is 13.7. The van der Waals surface area contributed by atoms with E-state index in [1.54, 1.807) is 29.2 Å². The average molecular weight is 331 g/mol. The van der Waals surface area contributed by atoms with Gasteiger partial charge in [-0.15, -0.1) is 0 Å². The predicted octanol–water partition coefficient (Wildman–Crippen LogP) is 0.717. The molecule has 24 heavy (non-hydrogen) atoms. The van der Waals surface area contributed by atoms with Gasteiger partial charge in [0.25, 0.3) is 5.56 Å². The van der Waals surface area contributed by atoms with Gasteiger partial charge in [0.2, 0.25) is 5.91 Å². The van der Waals surface area contributed by atoms with Gasteiger partial charge in [-0.1, -0.05) is 19.1 Å². The summed E-state index contributed by atoms with van der Waals surface area (Å²) in [7, 11) is 0. The number of fused-ring (bicyclic) bond motifs is 1. The number of nitrogens with one attached hydrogen (secondary N) is 1. The molecule has 1 fully saturated rings. The highest BCUT2D eigenvalue weighted by molar-refractivity contribution is 5.79. The first-order valence-corrected chi connectivity index (χ1v) is 8.21. The number of rotatable bonds is 4. The van der Waals surface area contributed by atoms with Gasteiger partial charge in [0.1, 0.15) is 0 Å². The molecule has 0 radical (unpaired) electrons. The van der Waals surface area contributed by atoms with Crippen molar-refractivity contribution in [2.24, 2.45) is 0 Å². The minimum Gasteiger partial charge on any atom is -0.375 e. The van der Waals surface area contributed by atoms with Crippen LogP contribution >= 0.6 is 0 Å². The third-order valence-electron chi connectivity index (χ3n) is 4.40. The molecular formula is C17H21N3O4. The van der Waals surface area contributed by atoms with E-state index in [1.165, 1.54) is 4.57 Å². The molecule has 1 saturated heterocycles. The first-order chi connectivity index (χ1) is 11.6. The highest BCUT2D eigenvalue weighted by Gasteiger charge is 2.23. The van der Waals surface area contributed by atoms with Gasteiger partial charge in [0, 0.05) is 26.1 Å². The van der Waals surface area contributed by atoms with Crippen molar-refractivity contribution in [3.8, 4) is 0 Å². The smallest absolute Gasteiger partial charge is 0.328 e. The fourth-order valence-electron chi connectivity index (χ4n) is 3.02. The van der Waals surface area contributed by atoms with Gasteiger partial charge in [-0.2, -0.15) is 0 Å². The van der Waals surface area contributed by atoms with Crippen molar-refractivity contribution in [2.75, 3.05) is 19.7 Å². The summed E-state index contributed by atoms with van der Waals surface area (Å²) in [6.45, 7) is 3.99. The van der Waals surface area contributed by atoms with E-state index in [2.05, 4.69) is 4.98 Å². The molecule has 1 aromatic heterocycles. The zero-order chi connectivity index (χ0) is 17.1. The Labute approximate surface area is 138 Å². The molecule has 0 aliphatic carbocycles. The molecule has 0 spiro atoms. The number of ether oxygens (including phenoxy) is 1. The summed E-state index contributed by atoms with van der Waals surface area (Å²) in [5, 5.41) is 0.446. The molecule has 0 saturated carbocycles. The molecule has 1 aliphatic heterocycles. The van der Waals surface area contributed by atoms with Gasteiger partial charge in [0.05, 0.1) is 23.6 Å². The van der Waals surface area contributed by atoms with Crippen LogP contribution in [0.3, 0.4) is 0 Å². The number of carbonyl (C=O) groups excluding carboxylic acids is 1. The van der Waals surface area contributed by atoms with Crippen LogP contribution < -0.4 is 11.2 Å². The summed E-state index contributed by atoms with van der Waals surface area (Å²) < 4.78 is 7.02. The Hall–Kier alpha value is -2.41. The third kappa shape index (κ3) is 3.26. The second-order valence-electron chi connectivity index (χ2n) is 5.92. The average Bonchev–Trinajstić information content (AvgIpc) is 2.61. The summed E-state index contributed by atoms with van der Waals surface area (Å²) in [5.74, 6) is -0.000990. The Bertz CT molecular complexity index is 855. The van der Waals surface area contributed by atoms with Crippen LogP contribution in [0.15, 0.2) is 33.9 Å². The summed E-state index contributed by atoms with van der Waals surface area (Å²) in [6.07, 6.45) is 1.17. The number of para-hydroxylation sites is 1. The van der Waals surface area contributed by atoms with Gasteiger partial charge in [0.15, 0.2) is 0 Å². The van der Waals surface area contributed by atoms with Crippen LogP contribution in [0.1, 0.15) is 19.8 Å². The van der Waals surface area contributed by atoms with E-state index in [0.717, 1.165) is 6.42 Å². The topological polar surface area (TPSA) is 84.4 Å². The Morgan fingerprint density at radius 3 is 2.92 bits per heavy atom. The number of amides is 1. The molecule has 7 nitrogen and oxygen atoms in total. The molecule has 1 aliphatic rings. The van der Waals surface area contributed by atoms with Crippen LogP contribution in [-0.4, -0.2) is 46.2 Å². The molecule has 1 aromatic carbocycles. The minimum atomic E-state index is -0.486. The van der Waals surface area contributed by atoms with E-state index in [1.807, 2.05) is 6.92 Å². The molecule has 0 bridgehead atoms. The molecular weight excluding hydrogens is 310 g/mol. The molecule has 7 heteroatoms. The van der Waals surface area contributed by atoms with Crippen molar-refractivity contribution in [3.63, 3.8) is 0 Å². The van der Waals surface area contributed by atoms with E-state index in [-0.39, 0.29) is 25.0 Å². The Balaban J connectivity index is 1.77. The Morgan fingerprint density at radius 2 is 2.12 bits per heavy atom. The summed E-state index contributed by atoms with van der Waals surface area (Å²) in [5.41, 5.74) is -0.343. The first-order valence-electron chi connectivity index (χ1n) is 8.21. The van der Waals surface area contributed by atoms with Gasteiger partial charge in [-0.3, -0.25) is 19.1 Å². The van der Waals surface area contributed by atoms with E-state index in [9.17, 15) is 14.4 Å². The normalized spacial score (nSPS) is 18.0. The molecule has 1 N–H and O–H groups in total. The van der Waals surface area contributed by atoms with Crippen molar-refractivity contribution in [2.45, 2.75) is 32.4 Å². The lowest BCUT2D eigenvalue weighted by Gasteiger charge is -2.32. The van der Waals surface area contributed by atoms with Crippen LogP contribution in [0.4, 0.5) is 0 Å². The van der Waals surface area contributed by atoms with Crippen molar-refractivity contribution in [1.82, 2.24) is 14.5 Å². The maximum Gasteiger partial charge on any atom is 0.328 e. The van der Waals surface area contributed by atoms with Crippen molar-refractivity contribution >= 4 is 16.8 Å². The highest BCUT2D eigenvalue weighted by Crippen LogP contribution is 2.11. The van der Waals surface area contributed by atoms with Crippen LogP contribution in [0.25, 0.3) is 10.9 Å². The molecule has 2 heterocycles. The number of hydrogen-bond donors (Lipinski definition) is 1. The largest absolute Gasteiger partial charge is 0.375 e. The van der Waals surface area contributed by atoms with Crippen LogP contribution in [0, 0.1) is 0 Å². The summed E-state index contributed by atoms with van der Waals surface area (Å²) in [4.78, 5) is 40.5. The monoisotopic (exact) mass is 331 g/mol. The highest BCUT2D eigenvalue weighted by atomic mass is 16.5. The number of benzene rings is 1. The van der Waals surface area contributed by atoms with E-state index >= 15 is 0 Å². The zero-order valence-electron chi connectivity index (χ0n) is 13.7. The number of aryl methyl sites for hydroxylation is 1. The minimum absolute atomic E-state index is 0.000990. The number of nitrogens with zero attached hydrogens (tertiary/aromatic N) is 2. The lowest BCUT2D eigenvalue weighted by Crippen LogP contribution is -2.45. The Morgan fingerprint density at radius 1 is 1.33 bits per heavy atom. The number of aromatic nitrogens is 2. The van der Waals surface area contributed by atoms with E-state index in [4.69, 9.17) is 4.74 Å². The third-order valence-corrected chi connectivity index (χ3v) is 4.40. The maximum absolute atomic E-state index is 12.4. The van der Waals surface area contributed by atoms with E-state index in [0.29, 0.717) is 30.6 Å². The lowest BCUT2D eigenvalue weighted by atomic mass is 10.2. The summed E-state index contributed by atoms with van der Waals surface area (Å²) >= 11 is 0. The number of hydrogen-bond acceptors (Lipinski definition) is 4. The first kappa shape index (κ1) is 16.4. The van der Waals surface area contributed by atoms with Crippen LogP contribution in [0.5, 0.6) is 0 Å². The standard InChI is InChI=1S/C17H21N3O4/c1-2-12-11-19(9-10-24-12)15(21)7-8-20-14-6-4-3-5-13(14)16(22)18-17(20)23/h3-6,12H,2,7-11H2,1H3,(H,18,22,23)/t12-/m0/s1. The van der Waals surface area contributed by atoms with Gasteiger partial charge >= 0.3 is 5.69 Å². The number of morpholine rings is 1. The molecule has 128 valence electrons. The maximum atomic E-state index is 12.4. The molecule has 0 unspecified atom stereocenters. The SMILES string of the molecule is CC[C@H]1CN(C(=O)CCn2c(=O)[nH]c(=O)c3ccccc32)CCO1. The van der Waals surface area contributed by atoms with Crippen molar-refractivity contribution < 1.29 is 9.53 Å². The lowest BCUT2D eigenvalue weighted by molar-refractivity contribution is -0.139. The van der Waals surface area contributed by atoms with Gasteiger partial charge < -0.3 is 9.64 Å². The summed E-state index contributed by atoms with van der Waals surface area (Å²) in [6, 6.07) is 6.90. The molecule has 3 rings (SSSR count). The van der Waals surface area contributed by atoms with Crippen molar-refractivity contribution in [1.29, 1.82) is 0 Å². The van der Waals surface area contributed by atoms with Crippen molar-refractivity contribution in [3.05, 3.63) is 45.1 Å². The molecule has 2 aromatic rings. The van der Waals surface area contributed by atoms with Gasteiger partial charge in [-0.25, -0.2) is 4.79 Å². The fraction of sp³-hybridized carbons (Fsp3) is 0.471. The van der Waals surface area contributed by atoms with E-state index < -0.39 is 11.2 Å². The predicted molar refractivity (Wildman–Crippen MR) is 90.1 cm³/mol. The molecule has 1 atom stereocenters.